The van der Waals surface area contributed by atoms with Gasteiger partial charge in [-0.1, -0.05) is 12.1 Å². The van der Waals surface area contributed by atoms with E-state index in [1.807, 2.05) is 50.2 Å². The second-order valence-corrected chi connectivity index (χ2v) is 6.13. The molecule has 8 heteroatoms. The lowest BCUT2D eigenvalue weighted by Crippen LogP contribution is -2.37. The van der Waals surface area contributed by atoms with Gasteiger partial charge in [-0.05, 0) is 43.7 Å². The van der Waals surface area contributed by atoms with Gasteiger partial charge in [0.25, 0.3) is 0 Å². The monoisotopic (exact) mass is 485 g/mol. The molecule has 4 N–H and O–H groups in total. The third-order valence-electron chi connectivity index (χ3n) is 3.56. The van der Waals surface area contributed by atoms with Gasteiger partial charge in [0.1, 0.15) is 5.76 Å². The molecule has 148 valence electrons. The maximum absolute atomic E-state index is 11.7. The van der Waals surface area contributed by atoms with E-state index in [9.17, 15) is 4.79 Å². The highest BCUT2D eigenvalue weighted by molar-refractivity contribution is 14.0. The van der Waals surface area contributed by atoms with Gasteiger partial charge in [0.15, 0.2) is 5.96 Å². The minimum Gasteiger partial charge on any atom is -0.469 e. The minimum atomic E-state index is -0.202. The summed E-state index contributed by atoms with van der Waals surface area (Å²) in [5.74, 6) is 1.67. The summed E-state index contributed by atoms with van der Waals surface area (Å²) in [5.41, 5.74) is 1.85. The maximum Gasteiger partial charge on any atom is 0.319 e. The van der Waals surface area contributed by atoms with E-state index in [1.165, 1.54) is 0 Å². The number of benzene rings is 1. The van der Waals surface area contributed by atoms with Gasteiger partial charge in [-0.25, -0.2) is 4.79 Å². The second-order valence-electron chi connectivity index (χ2n) is 6.13. The third kappa shape index (κ3) is 8.80. The number of carbonyl (C=O) groups excluding carboxylic acids is 1. The molecule has 0 unspecified atom stereocenters. The van der Waals surface area contributed by atoms with Crippen LogP contribution in [0, 0.1) is 0 Å². The SMILES string of the molecule is CN=C(NCCc1ccco1)NCc1ccc(NC(=O)NC(C)C)cc1.I. The van der Waals surface area contributed by atoms with Crippen LogP contribution >= 0.6 is 24.0 Å². The number of anilines is 1. The van der Waals surface area contributed by atoms with E-state index in [-0.39, 0.29) is 36.0 Å². The molecule has 0 bridgehead atoms. The molecule has 0 fully saturated rings. The molecule has 0 aliphatic rings. The van der Waals surface area contributed by atoms with Gasteiger partial charge in [0.2, 0.25) is 0 Å². The Kier molecular flexibility index (Phi) is 10.3. The molecule has 0 aliphatic carbocycles. The van der Waals surface area contributed by atoms with Gasteiger partial charge < -0.3 is 25.7 Å². The molecular formula is C19H28IN5O2. The number of aliphatic imine (C=N–C) groups is 1. The molecule has 1 aromatic carbocycles. The Hall–Kier alpha value is -2.23. The van der Waals surface area contributed by atoms with Gasteiger partial charge in [-0.2, -0.15) is 0 Å². The summed E-state index contributed by atoms with van der Waals surface area (Å²) in [6, 6.07) is 11.4. The van der Waals surface area contributed by atoms with E-state index in [0.717, 1.165) is 35.9 Å². The van der Waals surface area contributed by atoms with Gasteiger partial charge in [0, 0.05) is 38.3 Å². The summed E-state index contributed by atoms with van der Waals surface area (Å²) in [7, 11) is 1.74. The number of furan rings is 1. The largest absolute Gasteiger partial charge is 0.469 e. The number of nitrogens with zero attached hydrogens (tertiary/aromatic N) is 1. The fraction of sp³-hybridized carbons (Fsp3) is 0.368. The van der Waals surface area contributed by atoms with Crippen molar-refractivity contribution in [1.29, 1.82) is 0 Å². The number of rotatable bonds is 7. The summed E-state index contributed by atoms with van der Waals surface area (Å²) in [6.45, 7) is 5.22. The number of nitrogens with one attached hydrogen (secondary N) is 4. The number of guanidine groups is 1. The summed E-state index contributed by atoms with van der Waals surface area (Å²) in [5, 5.41) is 12.1. The normalized spacial score (nSPS) is 10.9. The Morgan fingerprint density at radius 2 is 1.89 bits per heavy atom. The highest BCUT2D eigenvalue weighted by Crippen LogP contribution is 2.09. The van der Waals surface area contributed by atoms with Crippen molar-refractivity contribution >= 4 is 41.7 Å². The molecule has 0 spiro atoms. The number of hydrogen-bond acceptors (Lipinski definition) is 3. The van der Waals surface area contributed by atoms with Crippen LogP contribution < -0.4 is 21.3 Å². The van der Waals surface area contributed by atoms with Crippen LogP contribution in [-0.4, -0.2) is 31.6 Å². The number of amides is 2. The van der Waals surface area contributed by atoms with E-state index in [4.69, 9.17) is 4.42 Å². The van der Waals surface area contributed by atoms with Crippen LogP contribution in [0.4, 0.5) is 10.5 Å². The summed E-state index contributed by atoms with van der Waals surface area (Å²) in [6.07, 6.45) is 2.47. The first kappa shape index (κ1) is 22.8. The van der Waals surface area contributed by atoms with Crippen LogP contribution in [-0.2, 0) is 13.0 Å². The van der Waals surface area contributed by atoms with E-state index < -0.39 is 0 Å². The molecule has 1 heterocycles. The fourth-order valence-corrected chi connectivity index (χ4v) is 2.30. The second kappa shape index (κ2) is 12.2. The predicted molar refractivity (Wildman–Crippen MR) is 120 cm³/mol. The minimum absolute atomic E-state index is 0. The predicted octanol–water partition coefficient (Wildman–Crippen LogP) is 3.34. The molecule has 0 radical (unpaired) electrons. The van der Waals surface area contributed by atoms with Crippen molar-refractivity contribution in [2.24, 2.45) is 4.99 Å². The third-order valence-corrected chi connectivity index (χ3v) is 3.56. The maximum atomic E-state index is 11.7. The summed E-state index contributed by atoms with van der Waals surface area (Å²) >= 11 is 0. The molecule has 2 rings (SSSR count). The van der Waals surface area contributed by atoms with Crippen LogP contribution in [0.1, 0.15) is 25.2 Å². The first-order valence-electron chi connectivity index (χ1n) is 8.70. The quantitative estimate of drug-likeness (QED) is 0.275. The van der Waals surface area contributed by atoms with Crippen LogP contribution in [0.25, 0.3) is 0 Å². The number of urea groups is 1. The van der Waals surface area contributed by atoms with Gasteiger partial charge in [-0.15, -0.1) is 24.0 Å². The van der Waals surface area contributed by atoms with Crippen molar-refractivity contribution in [3.63, 3.8) is 0 Å². The van der Waals surface area contributed by atoms with E-state index in [1.54, 1.807) is 13.3 Å². The lowest BCUT2D eigenvalue weighted by Gasteiger charge is -2.12. The molecule has 0 saturated carbocycles. The smallest absolute Gasteiger partial charge is 0.319 e. The average molecular weight is 485 g/mol. The highest BCUT2D eigenvalue weighted by Gasteiger charge is 2.04. The lowest BCUT2D eigenvalue weighted by atomic mass is 10.2. The Bertz CT molecular complexity index is 699. The molecule has 1 aromatic heterocycles. The fourth-order valence-electron chi connectivity index (χ4n) is 2.30. The van der Waals surface area contributed by atoms with Gasteiger partial charge >= 0.3 is 6.03 Å². The number of hydrogen-bond donors (Lipinski definition) is 4. The lowest BCUT2D eigenvalue weighted by molar-refractivity contribution is 0.250. The molecular weight excluding hydrogens is 457 g/mol. The average Bonchev–Trinajstić information content (AvgIpc) is 3.12. The Morgan fingerprint density at radius 3 is 2.48 bits per heavy atom. The zero-order valence-electron chi connectivity index (χ0n) is 15.9. The van der Waals surface area contributed by atoms with Crippen molar-refractivity contribution < 1.29 is 9.21 Å². The first-order valence-corrected chi connectivity index (χ1v) is 8.70. The molecule has 0 saturated heterocycles. The van der Waals surface area contributed by atoms with E-state index in [2.05, 4.69) is 26.3 Å². The molecule has 0 aliphatic heterocycles. The topological polar surface area (TPSA) is 90.7 Å². The Balaban J connectivity index is 0.00000364. The van der Waals surface area contributed by atoms with E-state index >= 15 is 0 Å². The van der Waals surface area contributed by atoms with Crippen molar-refractivity contribution in [1.82, 2.24) is 16.0 Å². The molecule has 7 nitrogen and oxygen atoms in total. The van der Waals surface area contributed by atoms with Crippen LogP contribution in [0.3, 0.4) is 0 Å². The number of halogens is 1. The Labute approximate surface area is 177 Å². The molecule has 27 heavy (non-hydrogen) atoms. The Morgan fingerprint density at radius 1 is 1.15 bits per heavy atom. The molecule has 0 atom stereocenters. The molecule has 2 aromatic rings. The van der Waals surface area contributed by atoms with Gasteiger partial charge in [0.05, 0.1) is 6.26 Å². The van der Waals surface area contributed by atoms with Gasteiger partial charge in [-0.3, -0.25) is 4.99 Å². The zero-order chi connectivity index (χ0) is 18.8. The molecule has 2 amide bonds. The van der Waals surface area contributed by atoms with E-state index in [0.29, 0.717) is 6.54 Å². The van der Waals surface area contributed by atoms with Crippen LogP contribution in [0.5, 0.6) is 0 Å². The van der Waals surface area contributed by atoms with Crippen LogP contribution in [0.15, 0.2) is 52.1 Å². The first-order chi connectivity index (χ1) is 12.6. The van der Waals surface area contributed by atoms with Crippen molar-refractivity contribution in [3.8, 4) is 0 Å². The standard InChI is InChI=1S/C19H27N5O2.HI/c1-14(2)23-19(25)24-16-8-6-15(7-9-16)13-22-18(20-3)21-11-10-17-5-4-12-26-17;/h4-9,12,14H,10-11,13H2,1-3H3,(H2,20,21,22)(H2,23,24,25);1H. The highest BCUT2D eigenvalue weighted by atomic mass is 127. The van der Waals surface area contributed by atoms with Crippen LogP contribution in [0.2, 0.25) is 0 Å². The zero-order valence-corrected chi connectivity index (χ0v) is 18.2. The van der Waals surface area contributed by atoms with Crippen molar-refractivity contribution in [3.05, 3.63) is 54.0 Å². The van der Waals surface area contributed by atoms with Crippen molar-refractivity contribution in [2.45, 2.75) is 32.9 Å². The number of carbonyl (C=O) groups is 1. The summed E-state index contributed by atoms with van der Waals surface area (Å²) < 4.78 is 5.30. The van der Waals surface area contributed by atoms with Crippen molar-refractivity contribution in [2.75, 3.05) is 18.9 Å². The summed E-state index contributed by atoms with van der Waals surface area (Å²) in [4.78, 5) is 15.9.